The minimum atomic E-state index is -0.793. The SMILES string of the molecule is CCCCCOc1ccc(C2/C(=C(\O)c3ccc(OCC)cc3)C(=O)C(=O)N2CCc2ccccc2)cc1OC. The Hall–Kier alpha value is -4.26. The Morgan fingerprint density at radius 3 is 2.33 bits per heavy atom. The van der Waals surface area contributed by atoms with E-state index >= 15 is 0 Å². The number of aliphatic hydroxyl groups excluding tert-OH is 1. The van der Waals surface area contributed by atoms with Crippen molar-refractivity contribution in [3.63, 3.8) is 0 Å². The van der Waals surface area contributed by atoms with Crippen molar-refractivity contribution in [2.45, 2.75) is 45.6 Å². The predicted octanol–water partition coefficient (Wildman–Crippen LogP) is 6.33. The van der Waals surface area contributed by atoms with Crippen LogP contribution >= 0.6 is 0 Å². The quantitative estimate of drug-likeness (QED) is 0.117. The number of ether oxygens (including phenoxy) is 3. The van der Waals surface area contributed by atoms with Crippen LogP contribution in [0, 0.1) is 0 Å². The zero-order valence-electron chi connectivity index (χ0n) is 23.4. The summed E-state index contributed by atoms with van der Waals surface area (Å²) in [6.45, 7) is 5.41. The summed E-state index contributed by atoms with van der Waals surface area (Å²) >= 11 is 0. The van der Waals surface area contributed by atoms with Crippen molar-refractivity contribution >= 4 is 17.4 Å². The number of hydrogen-bond donors (Lipinski definition) is 1. The van der Waals surface area contributed by atoms with Crippen LogP contribution in [0.25, 0.3) is 5.76 Å². The molecule has 1 N–H and O–H groups in total. The van der Waals surface area contributed by atoms with E-state index in [1.807, 2.05) is 43.3 Å². The summed E-state index contributed by atoms with van der Waals surface area (Å²) < 4.78 is 17.1. The maximum atomic E-state index is 13.4. The van der Waals surface area contributed by atoms with E-state index in [9.17, 15) is 14.7 Å². The summed E-state index contributed by atoms with van der Waals surface area (Å²) in [4.78, 5) is 28.3. The van der Waals surface area contributed by atoms with Gasteiger partial charge < -0.3 is 24.2 Å². The van der Waals surface area contributed by atoms with Crippen LogP contribution in [0.2, 0.25) is 0 Å². The van der Waals surface area contributed by atoms with Gasteiger partial charge in [0.1, 0.15) is 11.5 Å². The highest BCUT2D eigenvalue weighted by Crippen LogP contribution is 2.42. The number of aliphatic hydroxyl groups is 1. The molecule has 0 bridgehead atoms. The van der Waals surface area contributed by atoms with Crippen LogP contribution in [0.15, 0.2) is 78.4 Å². The average Bonchev–Trinajstić information content (AvgIpc) is 3.24. The lowest BCUT2D eigenvalue weighted by molar-refractivity contribution is -0.139. The Labute approximate surface area is 236 Å². The highest BCUT2D eigenvalue weighted by molar-refractivity contribution is 6.46. The summed E-state index contributed by atoms with van der Waals surface area (Å²) in [5, 5.41) is 11.4. The molecule has 1 unspecified atom stereocenters. The van der Waals surface area contributed by atoms with Crippen molar-refractivity contribution < 1.29 is 28.9 Å². The molecule has 210 valence electrons. The highest BCUT2D eigenvalue weighted by Gasteiger charge is 2.46. The molecule has 1 aliphatic rings. The monoisotopic (exact) mass is 543 g/mol. The number of unbranched alkanes of at least 4 members (excludes halogenated alkanes) is 2. The Morgan fingerprint density at radius 1 is 0.900 bits per heavy atom. The third-order valence-electron chi connectivity index (χ3n) is 6.97. The van der Waals surface area contributed by atoms with Crippen LogP contribution in [-0.2, 0) is 16.0 Å². The van der Waals surface area contributed by atoms with Gasteiger partial charge in [0.25, 0.3) is 11.7 Å². The van der Waals surface area contributed by atoms with Crippen molar-refractivity contribution in [3.8, 4) is 17.2 Å². The van der Waals surface area contributed by atoms with E-state index in [-0.39, 0.29) is 11.3 Å². The second kappa shape index (κ2) is 13.7. The third kappa shape index (κ3) is 6.47. The second-order valence-corrected chi connectivity index (χ2v) is 9.65. The highest BCUT2D eigenvalue weighted by atomic mass is 16.5. The average molecular weight is 544 g/mol. The fraction of sp³-hybridized carbons (Fsp3) is 0.333. The van der Waals surface area contributed by atoms with Crippen LogP contribution in [-0.4, -0.2) is 48.6 Å². The number of methoxy groups -OCH3 is 1. The smallest absolute Gasteiger partial charge is 0.295 e. The van der Waals surface area contributed by atoms with Gasteiger partial charge in [0.15, 0.2) is 11.5 Å². The first-order valence-electron chi connectivity index (χ1n) is 13.8. The molecule has 0 spiro atoms. The summed E-state index contributed by atoms with van der Waals surface area (Å²) in [6, 6.07) is 21.2. The molecule has 4 rings (SSSR count). The molecule has 1 fully saturated rings. The lowest BCUT2D eigenvalue weighted by Crippen LogP contribution is -2.31. The molecular formula is C33H37NO6. The van der Waals surface area contributed by atoms with Crippen molar-refractivity contribution in [2.24, 2.45) is 0 Å². The first kappa shape index (κ1) is 28.7. The van der Waals surface area contributed by atoms with E-state index in [2.05, 4.69) is 6.92 Å². The van der Waals surface area contributed by atoms with Gasteiger partial charge in [-0.2, -0.15) is 0 Å². The summed E-state index contributed by atoms with van der Waals surface area (Å²) in [5.41, 5.74) is 2.17. The van der Waals surface area contributed by atoms with Gasteiger partial charge in [-0.1, -0.05) is 56.2 Å². The normalized spacial score (nSPS) is 16.3. The van der Waals surface area contributed by atoms with Crippen LogP contribution in [0.1, 0.15) is 55.8 Å². The van der Waals surface area contributed by atoms with Gasteiger partial charge >= 0.3 is 0 Å². The number of hydrogen-bond acceptors (Lipinski definition) is 6. The number of Topliss-reactive ketones (excluding diaryl/α,β-unsaturated/α-hetero) is 1. The van der Waals surface area contributed by atoms with E-state index < -0.39 is 17.7 Å². The second-order valence-electron chi connectivity index (χ2n) is 9.65. The topological polar surface area (TPSA) is 85.3 Å². The van der Waals surface area contributed by atoms with Crippen molar-refractivity contribution in [2.75, 3.05) is 26.9 Å². The molecule has 1 amide bonds. The van der Waals surface area contributed by atoms with Crippen LogP contribution < -0.4 is 14.2 Å². The van der Waals surface area contributed by atoms with Crippen LogP contribution in [0.4, 0.5) is 0 Å². The molecular weight excluding hydrogens is 506 g/mol. The number of likely N-dealkylation sites (tertiary alicyclic amines) is 1. The van der Waals surface area contributed by atoms with Gasteiger partial charge in [-0.05, 0) is 67.3 Å². The minimum Gasteiger partial charge on any atom is -0.507 e. The molecule has 0 radical (unpaired) electrons. The van der Waals surface area contributed by atoms with Gasteiger partial charge in [-0.15, -0.1) is 0 Å². The summed E-state index contributed by atoms with van der Waals surface area (Å²) in [6.07, 6.45) is 3.66. The molecule has 0 aliphatic carbocycles. The van der Waals surface area contributed by atoms with Gasteiger partial charge in [0.2, 0.25) is 0 Å². The lowest BCUT2D eigenvalue weighted by atomic mass is 9.94. The number of benzene rings is 3. The Bertz CT molecular complexity index is 1330. The first-order valence-corrected chi connectivity index (χ1v) is 13.8. The number of rotatable bonds is 13. The Balaban J connectivity index is 1.74. The molecule has 0 saturated carbocycles. The van der Waals surface area contributed by atoms with Gasteiger partial charge in [0, 0.05) is 12.1 Å². The zero-order valence-corrected chi connectivity index (χ0v) is 23.4. The number of carbonyl (C=O) groups is 2. The Morgan fingerprint density at radius 2 is 1.65 bits per heavy atom. The number of nitrogens with zero attached hydrogens (tertiary/aromatic N) is 1. The van der Waals surface area contributed by atoms with E-state index in [1.165, 1.54) is 4.90 Å². The molecule has 1 aliphatic heterocycles. The maximum Gasteiger partial charge on any atom is 0.295 e. The molecule has 1 saturated heterocycles. The zero-order chi connectivity index (χ0) is 28.5. The van der Waals surface area contributed by atoms with E-state index in [0.717, 1.165) is 24.8 Å². The summed E-state index contributed by atoms with van der Waals surface area (Å²) in [7, 11) is 1.56. The van der Waals surface area contributed by atoms with Gasteiger partial charge in [-0.3, -0.25) is 9.59 Å². The number of amides is 1. The molecule has 3 aromatic rings. The molecule has 40 heavy (non-hydrogen) atoms. The third-order valence-corrected chi connectivity index (χ3v) is 6.97. The number of carbonyl (C=O) groups excluding carboxylic acids is 2. The largest absolute Gasteiger partial charge is 0.507 e. The van der Waals surface area contributed by atoms with Crippen molar-refractivity contribution in [1.29, 1.82) is 0 Å². The predicted molar refractivity (Wildman–Crippen MR) is 155 cm³/mol. The van der Waals surface area contributed by atoms with E-state index in [1.54, 1.807) is 43.5 Å². The molecule has 1 heterocycles. The molecule has 0 aromatic heterocycles. The Kier molecular flexibility index (Phi) is 9.84. The fourth-order valence-electron chi connectivity index (χ4n) is 4.89. The molecule has 1 atom stereocenters. The van der Waals surface area contributed by atoms with Crippen LogP contribution in [0.3, 0.4) is 0 Å². The standard InChI is InChI=1S/C33H37NO6/c1-4-6-10-21-40-27-18-15-25(22-28(27)38-3)30-29(31(35)24-13-16-26(17-14-24)39-5-2)32(36)33(37)34(30)20-19-23-11-8-7-9-12-23/h7-9,11-18,22,30,35H,4-6,10,19-21H2,1-3H3/b31-29+. The van der Waals surface area contributed by atoms with E-state index in [0.29, 0.717) is 54.6 Å². The van der Waals surface area contributed by atoms with Gasteiger partial charge in [0.05, 0.1) is 31.9 Å². The minimum absolute atomic E-state index is 0.0425. The number of ketones is 1. The molecule has 3 aromatic carbocycles. The first-order chi connectivity index (χ1) is 19.5. The molecule has 7 nitrogen and oxygen atoms in total. The maximum absolute atomic E-state index is 13.4. The fourth-order valence-corrected chi connectivity index (χ4v) is 4.89. The molecule has 7 heteroatoms. The van der Waals surface area contributed by atoms with Crippen molar-refractivity contribution in [3.05, 3.63) is 95.1 Å². The van der Waals surface area contributed by atoms with Gasteiger partial charge in [-0.25, -0.2) is 0 Å². The lowest BCUT2D eigenvalue weighted by Gasteiger charge is -2.26. The van der Waals surface area contributed by atoms with Crippen LogP contribution in [0.5, 0.6) is 17.2 Å². The summed E-state index contributed by atoms with van der Waals surface area (Å²) in [5.74, 6) is 0.153. The van der Waals surface area contributed by atoms with Crippen molar-refractivity contribution in [1.82, 2.24) is 4.90 Å². The van der Waals surface area contributed by atoms with E-state index in [4.69, 9.17) is 14.2 Å².